The molecule has 1 amide bonds. The average molecular weight is 329 g/mol. The Balaban J connectivity index is 1.59. The van der Waals surface area contributed by atoms with E-state index in [1.165, 1.54) is 5.56 Å². The summed E-state index contributed by atoms with van der Waals surface area (Å²) >= 11 is 0. The average Bonchev–Trinajstić information content (AvgIpc) is 2.64. The molecule has 1 aromatic carbocycles. The van der Waals surface area contributed by atoms with Crippen LogP contribution in [0.4, 0.5) is 0 Å². The van der Waals surface area contributed by atoms with Gasteiger partial charge in [0.25, 0.3) is 5.91 Å². The molecule has 5 heteroatoms. The van der Waals surface area contributed by atoms with E-state index in [0.717, 1.165) is 52.1 Å². The Bertz CT molecular complexity index is 558. The maximum atomic E-state index is 12.5. The van der Waals surface area contributed by atoms with Crippen molar-refractivity contribution in [1.29, 1.82) is 0 Å². The maximum Gasteiger partial charge on any atom is 0.252 e. The molecule has 0 bridgehead atoms. The van der Waals surface area contributed by atoms with Crippen LogP contribution >= 0.6 is 0 Å². The van der Waals surface area contributed by atoms with E-state index in [9.17, 15) is 9.59 Å². The first-order chi connectivity index (χ1) is 11.7. The standard InChI is InChI=1S/C19H25N2O3/c22-15-19(8-2-1-3-9-19)20-18(23)17-6-4-16(5-7-17)14-21-10-12-24-13-11-21/h4-7H,1-3,8-14H2,(H,20,23). The Morgan fingerprint density at radius 1 is 1.12 bits per heavy atom. The molecule has 1 aliphatic carbocycles. The number of hydrogen-bond acceptors (Lipinski definition) is 4. The van der Waals surface area contributed by atoms with Gasteiger partial charge in [-0.25, -0.2) is 0 Å². The van der Waals surface area contributed by atoms with E-state index in [0.29, 0.717) is 18.4 Å². The monoisotopic (exact) mass is 329 g/mol. The fourth-order valence-electron chi connectivity index (χ4n) is 3.48. The summed E-state index contributed by atoms with van der Waals surface area (Å²) in [5, 5.41) is 2.91. The molecule has 0 spiro atoms. The van der Waals surface area contributed by atoms with Crippen LogP contribution in [-0.4, -0.2) is 48.9 Å². The van der Waals surface area contributed by atoms with Gasteiger partial charge < -0.3 is 10.1 Å². The van der Waals surface area contributed by atoms with Crippen LogP contribution in [-0.2, 0) is 16.1 Å². The highest BCUT2D eigenvalue weighted by Gasteiger charge is 2.34. The van der Waals surface area contributed by atoms with Crippen LogP contribution in [0, 0.1) is 0 Å². The van der Waals surface area contributed by atoms with Gasteiger partial charge in [-0.2, -0.15) is 0 Å². The minimum atomic E-state index is -0.790. The molecule has 1 heterocycles. The topological polar surface area (TPSA) is 58.6 Å². The molecule has 5 nitrogen and oxygen atoms in total. The van der Waals surface area contributed by atoms with E-state index < -0.39 is 5.54 Å². The van der Waals surface area contributed by atoms with Crippen molar-refractivity contribution in [2.45, 2.75) is 44.2 Å². The molecule has 1 aliphatic heterocycles. The minimum Gasteiger partial charge on any atom is -0.379 e. The molecule has 1 aromatic rings. The quantitative estimate of drug-likeness (QED) is 0.898. The van der Waals surface area contributed by atoms with E-state index in [1.807, 2.05) is 24.3 Å². The molecule has 2 fully saturated rings. The van der Waals surface area contributed by atoms with Gasteiger partial charge in [-0.15, -0.1) is 0 Å². The van der Waals surface area contributed by atoms with Gasteiger partial charge in [-0.1, -0.05) is 31.4 Å². The largest absolute Gasteiger partial charge is 0.379 e. The lowest BCUT2D eigenvalue weighted by molar-refractivity contribution is 0.0342. The Hall–Kier alpha value is -1.72. The summed E-state index contributed by atoms with van der Waals surface area (Å²) in [5.41, 5.74) is 0.991. The first-order valence-electron chi connectivity index (χ1n) is 8.82. The van der Waals surface area contributed by atoms with E-state index in [1.54, 1.807) is 0 Å². The molecule has 0 unspecified atom stereocenters. The lowest BCUT2D eigenvalue weighted by Gasteiger charge is -2.32. The number of benzene rings is 1. The molecule has 0 atom stereocenters. The SMILES string of the molecule is O=[C]C1(NC(=O)c2ccc(CN3CCOCC3)cc2)CCCCC1. The summed E-state index contributed by atoms with van der Waals surface area (Å²) in [7, 11) is 0. The maximum absolute atomic E-state index is 12.5. The van der Waals surface area contributed by atoms with Crippen LogP contribution in [0.1, 0.15) is 48.0 Å². The number of carbonyl (C=O) groups is 1. The van der Waals surface area contributed by atoms with Gasteiger partial charge in [0, 0.05) is 25.2 Å². The summed E-state index contributed by atoms with van der Waals surface area (Å²) < 4.78 is 5.35. The summed E-state index contributed by atoms with van der Waals surface area (Å²) in [5.74, 6) is -0.182. The molecule has 1 saturated heterocycles. The van der Waals surface area contributed by atoms with E-state index in [-0.39, 0.29) is 5.91 Å². The van der Waals surface area contributed by atoms with Gasteiger partial charge in [-0.05, 0) is 30.5 Å². The second kappa shape index (κ2) is 7.90. The third-order valence-electron chi connectivity index (χ3n) is 4.98. The number of nitrogens with one attached hydrogen (secondary N) is 1. The second-order valence-corrected chi connectivity index (χ2v) is 6.78. The van der Waals surface area contributed by atoms with Gasteiger partial charge in [0.15, 0.2) is 0 Å². The molecule has 24 heavy (non-hydrogen) atoms. The Morgan fingerprint density at radius 3 is 2.42 bits per heavy atom. The third kappa shape index (κ3) is 4.22. The molecule has 1 saturated carbocycles. The van der Waals surface area contributed by atoms with Gasteiger partial charge >= 0.3 is 0 Å². The van der Waals surface area contributed by atoms with Crippen LogP contribution < -0.4 is 5.32 Å². The summed E-state index contributed by atoms with van der Waals surface area (Å²) in [6.07, 6.45) is 6.52. The highest BCUT2D eigenvalue weighted by molar-refractivity contribution is 5.96. The van der Waals surface area contributed by atoms with Crippen molar-refractivity contribution in [3.8, 4) is 0 Å². The predicted octanol–water partition coefficient (Wildman–Crippen LogP) is 2.06. The Kier molecular flexibility index (Phi) is 5.63. The van der Waals surface area contributed by atoms with Crippen molar-refractivity contribution in [2.75, 3.05) is 26.3 Å². The first-order valence-corrected chi connectivity index (χ1v) is 8.82. The number of morpholine rings is 1. The molecular weight excluding hydrogens is 304 g/mol. The van der Waals surface area contributed by atoms with E-state index in [4.69, 9.17) is 4.74 Å². The van der Waals surface area contributed by atoms with E-state index in [2.05, 4.69) is 16.5 Å². The van der Waals surface area contributed by atoms with Crippen molar-refractivity contribution in [1.82, 2.24) is 10.2 Å². The number of nitrogens with zero attached hydrogens (tertiary/aromatic N) is 1. The minimum absolute atomic E-state index is 0.182. The number of carbonyl (C=O) groups excluding carboxylic acids is 2. The normalized spacial score (nSPS) is 21.2. The molecule has 0 aromatic heterocycles. The van der Waals surface area contributed by atoms with Crippen LogP contribution in [0.3, 0.4) is 0 Å². The third-order valence-corrected chi connectivity index (χ3v) is 4.98. The Morgan fingerprint density at radius 2 is 1.79 bits per heavy atom. The van der Waals surface area contributed by atoms with Crippen molar-refractivity contribution in [3.05, 3.63) is 35.4 Å². The van der Waals surface area contributed by atoms with E-state index >= 15 is 0 Å². The van der Waals surface area contributed by atoms with Crippen LogP contribution in [0.2, 0.25) is 0 Å². The van der Waals surface area contributed by atoms with Gasteiger partial charge in [0.2, 0.25) is 6.29 Å². The zero-order valence-electron chi connectivity index (χ0n) is 14.1. The van der Waals surface area contributed by atoms with Crippen molar-refractivity contribution in [2.24, 2.45) is 0 Å². The fraction of sp³-hybridized carbons (Fsp3) is 0.579. The smallest absolute Gasteiger partial charge is 0.252 e. The van der Waals surface area contributed by atoms with Crippen molar-refractivity contribution in [3.63, 3.8) is 0 Å². The molecule has 2 aliphatic rings. The molecule has 1 N–H and O–H groups in total. The Labute approximate surface area is 143 Å². The molecule has 129 valence electrons. The van der Waals surface area contributed by atoms with Crippen molar-refractivity contribution >= 4 is 12.2 Å². The summed E-state index contributed by atoms with van der Waals surface area (Å²) in [6.45, 7) is 4.33. The zero-order valence-corrected chi connectivity index (χ0v) is 14.1. The predicted molar refractivity (Wildman–Crippen MR) is 91.5 cm³/mol. The highest BCUT2D eigenvalue weighted by atomic mass is 16.5. The van der Waals surface area contributed by atoms with Crippen LogP contribution in [0.15, 0.2) is 24.3 Å². The fourth-order valence-corrected chi connectivity index (χ4v) is 3.48. The van der Waals surface area contributed by atoms with Gasteiger partial charge in [0.05, 0.1) is 13.2 Å². The number of ether oxygens (including phenoxy) is 1. The summed E-state index contributed by atoms with van der Waals surface area (Å²) in [6, 6.07) is 7.66. The van der Waals surface area contributed by atoms with Gasteiger partial charge in [0.1, 0.15) is 5.54 Å². The van der Waals surface area contributed by atoms with Gasteiger partial charge in [-0.3, -0.25) is 14.5 Å². The summed E-state index contributed by atoms with van der Waals surface area (Å²) in [4.78, 5) is 26.2. The van der Waals surface area contributed by atoms with Crippen LogP contribution in [0.25, 0.3) is 0 Å². The lowest BCUT2D eigenvalue weighted by Crippen LogP contribution is -2.51. The number of hydrogen-bond donors (Lipinski definition) is 1. The number of rotatable bonds is 5. The molecular formula is C19H25N2O3. The molecule has 1 radical (unpaired) electrons. The zero-order chi connectivity index (χ0) is 16.8. The molecule has 3 rings (SSSR count). The van der Waals surface area contributed by atoms with Crippen molar-refractivity contribution < 1.29 is 14.3 Å². The lowest BCUT2D eigenvalue weighted by atomic mass is 9.82. The van der Waals surface area contributed by atoms with Crippen LogP contribution in [0.5, 0.6) is 0 Å². The first kappa shape index (κ1) is 17.1. The highest BCUT2D eigenvalue weighted by Crippen LogP contribution is 2.26. The number of amides is 1. The second-order valence-electron chi connectivity index (χ2n) is 6.78.